The fourth-order valence-electron chi connectivity index (χ4n) is 1.94. The van der Waals surface area contributed by atoms with E-state index in [-0.39, 0.29) is 5.91 Å². The standard InChI is InChI=1S/C8H13NO/c1-5-2-7(5)6-3-8(10)9-4-6/h5-7H,2-4H2,1H3,(H,9,10). The molecular formula is C8H13NO. The lowest BCUT2D eigenvalue weighted by atomic mass is 10.0. The molecule has 1 saturated heterocycles. The highest BCUT2D eigenvalue weighted by atomic mass is 16.1. The Morgan fingerprint density at radius 2 is 2.30 bits per heavy atom. The number of rotatable bonds is 1. The van der Waals surface area contributed by atoms with Crippen molar-refractivity contribution >= 4 is 5.91 Å². The molecule has 2 aliphatic rings. The molecule has 0 bridgehead atoms. The van der Waals surface area contributed by atoms with Crippen LogP contribution in [0.3, 0.4) is 0 Å². The predicted octanol–water partition coefficient (Wildman–Crippen LogP) is 0.778. The maximum atomic E-state index is 10.8. The van der Waals surface area contributed by atoms with Gasteiger partial charge in [-0.1, -0.05) is 6.92 Å². The van der Waals surface area contributed by atoms with Crippen molar-refractivity contribution in [2.24, 2.45) is 17.8 Å². The van der Waals surface area contributed by atoms with Crippen molar-refractivity contribution in [2.45, 2.75) is 19.8 Å². The van der Waals surface area contributed by atoms with Crippen LogP contribution in [0.15, 0.2) is 0 Å². The van der Waals surface area contributed by atoms with Crippen molar-refractivity contribution in [3.8, 4) is 0 Å². The number of hydrogen-bond acceptors (Lipinski definition) is 1. The fraction of sp³-hybridized carbons (Fsp3) is 0.875. The number of carbonyl (C=O) groups excluding carboxylic acids is 1. The molecule has 56 valence electrons. The summed E-state index contributed by atoms with van der Waals surface area (Å²) < 4.78 is 0. The Balaban J connectivity index is 1.90. The van der Waals surface area contributed by atoms with E-state index in [4.69, 9.17) is 0 Å². The summed E-state index contributed by atoms with van der Waals surface area (Å²) in [6.07, 6.45) is 2.13. The Bertz CT molecular complexity index is 167. The molecule has 10 heavy (non-hydrogen) atoms. The second-order valence-corrected chi connectivity index (χ2v) is 3.65. The second kappa shape index (κ2) is 1.97. The number of hydrogen-bond donors (Lipinski definition) is 1. The van der Waals surface area contributed by atoms with Gasteiger partial charge in [0.05, 0.1) is 0 Å². The van der Waals surface area contributed by atoms with Crippen LogP contribution < -0.4 is 5.32 Å². The Labute approximate surface area is 61.0 Å². The average Bonchev–Trinajstić information content (AvgIpc) is 2.42. The smallest absolute Gasteiger partial charge is 0.220 e. The van der Waals surface area contributed by atoms with Gasteiger partial charge in [-0.05, 0) is 24.2 Å². The minimum absolute atomic E-state index is 0.254. The van der Waals surface area contributed by atoms with E-state index in [9.17, 15) is 4.79 Å². The van der Waals surface area contributed by atoms with Gasteiger partial charge in [-0.25, -0.2) is 0 Å². The maximum Gasteiger partial charge on any atom is 0.220 e. The summed E-state index contributed by atoms with van der Waals surface area (Å²) in [6.45, 7) is 3.21. The van der Waals surface area contributed by atoms with Crippen molar-refractivity contribution in [2.75, 3.05) is 6.54 Å². The highest BCUT2D eigenvalue weighted by Crippen LogP contribution is 2.45. The van der Waals surface area contributed by atoms with Crippen LogP contribution in [0, 0.1) is 17.8 Å². The highest BCUT2D eigenvalue weighted by molar-refractivity contribution is 5.78. The number of carbonyl (C=O) groups is 1. The maximum absolute atomic E-state index is 10.8. The quantitative estimate of drug-likeness (QED) is 0.571. The molecule has 1 aliphatic carbocycles. The largest absolute Gasteiger partial charge is 0.356 e. The minimum atomic E-state index is 0.254. The molecule has 3 unspecified atom stereocenters. The number of nitrogens with one attached hydrogen (secondary N) is 1. The summed E-state index contributed by atoms with van der Waals surface area (Å²) in [7, 11) is 0. The molecule has 0 aromatic carbocycles. The van der Waals surface area contributed by atoms with E-state index in [1.165, 1.54) is 6.42 Å². The first-order chi connectivity index (χ1) is 4.77. The van der Waals surface area contributed by atoms with E-state index >= 15 is 0 Å². The summed E-state index contributed by atoms with van der Waals surface area (Å²) in [5.41, 5.74) is 0. The second-order valence-electron chi connectivity index (χ2n) is 3.65. The zero-order valence-electron chi connectivity index (χ0n) is 6.26. The Kier molecular flexibility index (Phi) is 1.22. The summed E-state index contributed by atoms with van der Waals surface area (Å²) in [5.74, 6) is 2.67. The minimum Gasteiger partial charge on any atom is -0.356 e. The third-order valence-electron chi connectivity index (χ3n) is 2.79. The summed E-state index contributed by atoms with van der Waals surface area (Å²) in [4.78, 5) is 10.8. The molecule has 1 N–H and O–H groups in total. The first-order valence-electron chi connectivity index (χ1n) is 4.04. The lowest BCUT2D eigenvalue weighted by Gasteiger charge is -2.02. The lowest BCUT2D eigenvalue weighted by Crippen LogP contribution is -2.14. The van der Waals surface area contributed by atoms with Crippen LogP contribution in [0.25, 0.3) is 0 Å². The molecule has 0 radical (unpaired) electrons. The normalized spacial score (nSPS) is 45.3. The first-order valence-corrected chi connectivity index (χ1v) is 4.04. The van der Waals surface area contributed by atoms with Gasteiger partial charge in [-0.3, -0.25) is 4.79 Å². The zero-order chi connectivity index (χ0) is 7.14. The van der Waals surface area contributed by atoms with Crippen molar-refractivity contribution < 1.29 is 4.79 Å². The first kappa shape index (κ1) is 6.20. The van der Waals surface area contributed by atoms with Crippen molar-refractivity contribution in [3.63, 3.8) is 0 Å². The zero-order valence-corrected chi connectivity index (χ0v) is 6.26. The molecule has 1 aliphatic heterocycles. The van der Waals surface area contributed by atoms with E-state index in [1.54, 1.807) is 0 Å². The lowest BCUT2D eigenvalue weighted by molar-refractivity contribution is -0.119. The molecule has 3 atom stereocenters. The Morgan fingerprint density at radius 3 is 2.70 bits per heavy atom. The topological polar surface area (TPSA) is 29.1 Å². The average molecular weight is 139 g/mol. The van der Waals surface area contributed by atoms with Gasteiger partial charge in [0.2, 0.25) is 5.91 Å². The fourth-order valence-corrected chi connectivity index (χ4v) is 1.94. The molecule has 2 rings (SSSR count). The summed E-state index contributed by atoms with van der Waals surface area (Å²) >= 11 is 0. The van der Waals surface area contributed by atoms with Crippen molar-refractivity contribution in [1.82, 2.24) is 5.32 Å². The van der Waals surface area contributed by atoms with Gasteiger partial charge < -0.3 is 5.32 Å². The van der Waals surface area contributed by atoms with E-state index in [0.29, 0.717) is 5.92 Å². The van der Waals surface area contributed by atoms with Gasteiger partial charge in [0.25, 0.3) is 0 Å². The van der Waals surface area contributed by atoms with Crippen LogP contribution in [0.1, 0.15) is 19.8 Å². The molecule has 0 aromatic rings. The van der Waals surface area contributed by atoms with Gasteiger partial charge in [-0.15, -0.1) is 0 Å². The van der Waals surface area contributed by atoms with Crippen LogP contribution in [0.4, 0.5) is 0 Å². The Hall–Kier alpha value is -0.530. The van der Waals surface area contributed by atoms with Crippen LogP contribution >= 0.6 is 0 Å². The summed E-state index contributed by atoms with van der Waals surface area (Å²) in [5, 5.41) is 2.87. The van der Waals surface area contributed by atoms with E-state index in [2.05, 4.69) is 12.2 Å². The molecule has 1 amide bonds. The van der Waals surface area contributed by atoms with E-state index in [0.717, 1.165) is 24.8 Å². The predicted molar refractivity (Wildman–Crippen MR) is 38.4 cm³/mol. The molecule has 1 heterocycles. The number of amides is 1. The van der Waals surface area contributed by atoms with E-state index in [1.807, 2.05) is 0 Å². The molecule has 2 heteroatoms. The van der Waals surface area contributed by atoms with Crippen LogP contribution in [0.2, 0.25) is 0 Å². The Morgan fingerprint density at radius 1 is 1.60 bits per heavy atom. The molecular weight excluding hydrogens is 126 g/mol. The van der Waals surface area contributed by atoms with Gasteiger partial charge in [0.1, 0.15) is 0 Å². The van der Waals surface area contributed by atoms with Gasteiger partial charge >= 0.3 is 0 Å². The SMILES string of the molecule is CC1CC1C1CNC(=O)C1. The van der Waals surface area contributed by atoms with Gasteiger partial charge in [-0.2, -0.15) is 0 Å². The molecule has 2 nitrogen and oxygen atoms in total. The van der Waals surface area contributed by atoms with Gasteiger partial charge in [0.15, 0.2) is 0 Å². The summed E-state index contributed by atoms with van der Waals surface area (Å²) in [6, 6.07) is 0. The third kappa shape index (κ3) is 0.917. The van der Waals surface area contributed by atoms with Crippen molar-refractivity contribution in [3.05, 3.63) is 0 Å². The van der Waals surface area contributed by atoms with Crippen LogP contribution in [-0.2, 0) is 4.79 Å². The van der Waals surface area contributed by atoms with Crippen LogP contribution in [0.5, 0.6) is 0 Å². The molecule has 0 aromatic heterocycles. The molecule has 1 saturated carbocycles. The van der Waals surface area contributed by atoms with E-state index < -0.39 is 0 Å². The van der Waals surface area contributed by atoms with Crippen molar-refractivity contribution in [1.29, 1.82) is 0 Å². The highest BCUT2D eigenvalue weighted by Gasteiger charge is 2.42. The third-order valence-corrected chi connectivity index (χ3v) is 2.79. The monoisotopic (exact) mass is 139 g/mol. The van der Waals surface area contributed by atoms with Gasteiger partial charge in [0, 0.05) is 13.0 Å². The van der Waals surface area contributed by atoms with Crippen LogP contribution in [-0.4, -0.2) is 12.5 Å². The molecule has 0 spiro atoms. The molecule has 2 fully saturated rings.